The van der Waals surface area contributed by atoms with E-state index in [9.17, 15) is 14.1 Å². The Morgan fingerprint density at radius 2 is 1.81 bits per heavy atom. The van der Waals surface area contributed by atoms with Gasteiger partial charge < -0.3 is 25.2 Å². The highest BCUT2D eigenvalue weighted by molar-refractivity contribution is 7.91. The van der Waals surface area contributed by atoms with Crippen LogP contribution in [-0.4, -0.2) is 47.5 Å². The molecule has 1 aromatic heterocycles. The number of hydrogen-bond acceptors (Lipinski definition) is 6. The first kappa shape index (κ1) is 25.0. The molecule has 1 atom stereocenters. The van der Waals surface area contributed by atoms with Crippen LogP contribution in [0.1, 0.15) is 26.3 Å². The zero-order valence-corrected chi connectivity index (χ0v) is 21.2. The minimum absolute atomic E-state index is 0.177. The molecule has 4 rings (SSSR count). The highest BCUT2D eigenvalue weighted by Crippen LogP contribution is 2.35. The molecule has 1 unspecified atom stereocenters. The van der Waals surface area contributed by atoms with Crippen LogP contribution < -0.4 is 15.8 Å². The lowest BCUT2D eigenvalue weighted by Gasteiger charge is -2.17. The molecule has 184 valence electrons. The van der Waals surface area contributed by atoms with Gasteiger partial charge in [0.15, 0.2) is 9.79 Å². The molecule has 0 radical (unpaired) electrons. The molecule has 0 aliphatic heterocycles. The van der Waals surface area contributed by atoms with Gasteiger partial charge in [-0.25, -0.2) is 0 Å². The van der Waals surface area contributed by atoms with Gasteiger partial charge in [-0.05, 0) is 42.8 Å². The molecule has 1 heterocycles. The zero-order chi connectivity index (χ0) is 26.0. The number of carbonyl (C=O) groups is 2. The predicted molar refractivity (Wildman–Crippen MR) is 140 cm³/mol. The van der Waals surface area contributed by atoms with Crippen molar-refractivity contribution >= 4 is 45.3 Å². The summed E-state index contributed by atoms with van der Waals surface area (Å²) >= 11 is -1.59. The Labute approximate surface area is 212 Å². The smallest absolute Gasteiger partial charge is 0.253 e. The maximum Gasteiger partial charge on any atom is 0.253 e. The van der Waals surface area contributed by atoms with Crippen LogP contribution in [0.5, 0.6) is 5.75 Å². The standard InChI is InChI=1S/C27H26N4O4S/c1-16-11-21(36(34)20-10-5-7-17(12-20)27(33)31(2)3)14-22-24(16)29-15-23(26(28)32)25(22)30-18-8-6-9-19(13-18)35-4/h5-15H,1-4H3,(H2,28,32)(H,29,30). The summed E-state index contributed by atoms with van der Waals surface area (Å²) in [7, 11) is 4.90. The van der Waals surface area contributed by atoms with Crippen LogP contribution >= 0.6 is 0 Å². The van der Waals surface area contributed by atoms with E-state index in [0.717, 1.165) is 5.56 Å². The summed E-state index contributed by atoms with van der Waals surface area (Å²) in [5, 5.41) is 3.87. The maximum atomic E-state index is 13.6. The van der Waals surface area contributed by atoms with Gasteiger partial charge >= 0.3 is 0 Å². The van der Waals surface area contributed by atoms with Gasteiger partial charge in [0, 0.05) is 66.3 Å². The number of pyridine rings is 1. The predicted octanol–water partition coefficient (Wildman–Crippen LogP) is 4.26. The fourth-order valence-corrected chi connectivity index (χ4v) is 5.08. The van der Waals surface area contributed by atoms with Gasteiger partial charge in [0.1, 0.15) is 5.75 Å². The van der Waals surface area contributed by atoms with Crippen LogP contribution in [0.3, 0.4) is 0 Å². The van der Waals surface area contributed by atoms with Crippen molar-refractivity contribution in [3.05, 3.63) is 83.6 Å². The lowest BCUT2D eigenvalue weighted by Crippen LogP contribution is -2.21. The zero-order valence-electron chi connectivity index (χ0n) is 20.4. The second-order valence-corrected chi connectivity index (χ2v) is 9.88. The largest absolute Gasteiger partial charge is 0.606 e. The van der Waals surface area contributed by atoms with Crippen molar-refractivity contribution in [1.82, 2.24) is 9.88 Å². The van der Waals surface area contributed by atoms with Crippen molar-refractivity contribution < 1.29 is 18.9 Å². The van der Waals surface area contributed by atoms with Crippen molar-refractivity contribution in [1.29, 1.82) is 0 Å². The number of carbonyl (C=O) groups excluding carboxylic acids is 2. The molecule has 9 heteroatoms. The first-order valence-corrected chi connectivity index (χ1v) is 12.2. The third-order valence-corrected chi connectivity index (χ3v) is 7.00. The van der Waals surface area contributed by atoms with Gasteiger partial charge in [-0.1, -0.05) is 12.1 Å². The molecule has 0 saturated carbocycles. The molecule has 0 saturated heterocycles. The maximum absolute atomic E-state index is 13.6. The Bertz CT molecular complexity index is 1470. The van der Waals surface area contributed by atoms with Gasteiger partial charge in [-0.2, -0.15) is 0 Å². The van der Waals surface area contributed by atoms with Crippen LogP contribution in [0.25, 0.3) is 10.9 Å². The molecule has 36 heavy (non-hydrogen) atoms. The number of hydrogen-bond donors (Lipinski definition) is 2. The summed E-state index contributed by atoms with van der Waals surface area (Å²) in [5.41, 5.74) is 8.88. The average Bonchev–Trinajstić information content (AvgIpc) is 2.88. The number of primary amides is 1. The van der Waals surface area contributed by atoms with E-state index in [4.69, 9.17) is 10.5 Å². The van der Waals surface area contributed by atoms with Crippen LogP contribution in [0.4, 0.5) is 11.4 Å². The number of ether oxygens (including phenoxy) is 1. The summed E-state index contributed by atoms with van der Waals surface area (Å²) in [5.74, 6) is -0.179. The Hall–Kier alpha value is -4.08. The Balaban J connectivity index is 1.85. The van der Waals surface area contributed by atoms with E-state index in [2.05, 4.69) is 10.3 Å². The van der Waals surface area contributed by atoms with Crippen molar-refractivity contribution in [2.45, 2.75) is 16.7 Å². The fourth-order valence-electron chi connectivity index (χ4n) is 3.86. The first-order chi connectivity index (χ1) is 17.2. The monoisotopic (exact) mass is 502 g/mol. The number of aromatic nitrogens is 1. The molecule has 0 fully saturated rings. The molecule has 8 nitrogen and oxygen atoms in total. The number of amides is 2. The number of aryl methyl sites for hydroxylation is 1. The minimum Gasteiger partial charge on any atom is -0.606 e. The molecular weight excluding hydrogens is 476 g/mol. The number of nitrogens with two attached hydrogens (primary N) is 1. The minimum atomic E-state index is -1.59. The van der Waals surface area contributed by atoms with Gasteiger partial charge in [0.25, 0.3) is 11.8 Å². The summed E-state index contributed by atoms with van der Waals surface area (Å²) < 4.78 is 18.9. The topological polar surface area (TPSA) is 121 Å². The Kier molecular flexibility index (Phi) is 7.14. The van der Waals surface area contributed by atoms with E-state index in [1.807, 2.05) is 25.1 Å². The summed E-state index contributed by atoms with van der Waals surface area (Å²) in [4.78, 5) is 31.6. The molecular formula is C27H26N4O4S. The van der Waals surface area contributed by atoms with Gasteiger partial charge in [-0.15, -0.1) is 0 Å². The summed E-state index contributed by atoms with van der Waals surface area (Å²) in [6, 6.07) is 17.5. The van der Waals surface area contributed by atoms with Crippen LogP contribution in [0, 0.1) is 6.92 Å². The van der Waals surface area contributed by atoms with E-state index in [1.165, 1.54) is 11.1 Å². The molecule has 0 spiro atoms. The normalized spacial score (nSPS) is 11.7. The molecule has 3 aromatic carbocycles. The molecule has 2 amide bonds. The van der Waals surface area contributed by atoms with Crippen molar-refractivity contribution in [2.24, 2.45) is 5.73 Å². The molecule has 3 N–H and O–H groups in total. The summed E-state index contributed by atoms with van der Waals surface area (Å²) in [6.45, 7) is 1.86. The first-order valence-electron chi connectivity index (χ1n) is 11.1. The third-order valence-electron chi connectivity index (χ3n) is 5.66. The number of nitrogens with zero attached hydrogens (tertiary/aromatic N) is 2. The highest BCUT2D eigenvalue weighted by atomic mass is 32.2. The lowest BCUT2D eigenvalue weighted by molar-refractivity contribution is 0.0827. The van der Waals surface area contributed by atoms with Crippen LogP contribution in [0.2, 0.25) is 0 Å². The second kappa shape index (κ2) is 10.3. The van der Waals surface area contributed by atoms with E-state index in [1.54, 1.807) is 63.7 Å². The number of methoxy groups -OCH3 is 1. The second-order valence-electron chi connectivity index (χ2n) is 8.40. The summed E-state index contributed by atoms with van der Waals surface area (Å²) in [6.07, 6.45) is 1.44. The van der Waals surface area contributed by atoms with Gasteiger partial charge in [-0.3, -0.25) is 14.6 Å². The highest BCUT2D eigenvalue weighted by Gasteiger charge is 2.22. The van der Waals surface area contributed by atoms with E-state index in [-0.39, 0.29) is 11.5 Å². The van der Waals surface area contributed by atoms with Crippen molar-refractivity contribution in [3.8, 4) is 5.75 Å². The number of anilines is 2. The number of nitrogens with one attached hydrogen (secondary N) is 1. The van der Waals surface area contributed by atoms with Crippen LogP contribution in [-0.2, 0) is 11.2 Å². The molecule has 0 aliphatic carbocycles. The Morgan fingerprint density at radius 3 is 2.50 bits per heavy atom. The van der Waals surface area contributed by atoms with E-state index >= 15 is 0 Å². The molecule has 0 bridgehead atoms. The SMILES string of the molecule is COc1cccc(Nc2c(C(N)=O)cnc3c(C)cc([S+]([O-])c4cccc(C(=O)N(C)C)c4)cc23)c1. The van der Waals surface area contributed by atoms with Gasteiger partial charge in [0.05, 0.1) is 23.9 Å². The van der Waals surface area contributed by atoms with Gasteiger partial charge in [0.2, 0.25) is 0 Å². The fraction of sp³-hybridized carbons (Fsp3) is 0.148. The average molecular weight is 503 g/mol. The number of benzene rings is 3. The number of fused-ring (bicyclic) bond motifs is 1. The number of rotatable bonds is 7. The quantitative estimate of drug-likeness (QED) is 0.364. The van der Waals surface area contributed by atoms with Crippen molar-refractivity contribution in [2.75, 3.05) is 26.5 Å². The molecule has 0 aliphatic rings. The van der Waals surface area contributed by atoms with Crippen LogP contribution in [0.15, 0.2) is 76.7 Å². The Morgan fingerprint density at radius 1 is 1.06 bits per heavy atom. The van der Waals surface area contributed by atoms with E-state index in [0.29, 0.717) is 43.4 Å². The van der Waals surface area contributed by atoms with Crippen molar-refractivity contribution in [3.63, 3.8) is 0 Å². The van der Waals surface area contributed by atoms with E-state index < -0.39 is 17.1 Å². The lowest BCUT2D eigenvalue weighted by atomic mass is 10.1. The third kappa shape index (κ3) is 4.98. The molecule has 4 aromatic rings.